The van der Waals surface area contributed by atoms with E-state index in [-0.39, 0.29) is 12.4 Å². The number of anilines is 1. The van der Waals surface area contributed by atoms with Gasteiger partial charge in [0.15, 0.2) is 6.61 Å². The molecule has 3 aromatic rings. The summed E-state index contributed by atoms with van der Waals surface area (Å²) in [7, 11) is 1.50. The Morgan fingerprint density at radius 3 is 2.67 bits per heavy atom. The third-order valence-electron chi connectivity index (χ3n) is 3.86. The standard InChI is InChI=1S/C17H17F4N5O/c1-11-13(16(25(2)24-11)27-9-17(19,20)21)8-23-12-3-4-15(14(18)7-12)26-6-5-22-10-26/h3-7,10,23H,8-9H2,1-2H3. The molecule has 0 radical (unpaired) electrons. The van der Waals surface area contributed by atoms with E-state index in [0.717, 1.165) is 0 Å². The quantitative estimate of drug-likeness (QED) is 0.661. The molecule has 6 nitrogen and oxygen atoms in total. The number of hydrogen-bond donors (Lipinski definition) is 1. The fourth-order valence-corrected chi connectivity index (χ4v) is 2.63. The van der Waals surface area contributed by atoms with E-state index in [1.54, 1.807) is 31.5 Å². The van der Waals surface area contributed by atoms with Crippen molar-refractivity contribution in [2.24, 2.45) is 7.05 Å². The highest BCUT2D eigenvalue weighted by Gasteiger charge is 2.30. The van der Waals surface area contributed by atoms with Crippen molar-refractivity contribution in [3.63, 3.8) is 0 Å². The van der Waals surface area contributed by atoms with Crippen LogP contribution in [0.5, 0.6) is 5.88 Å². The monoisotopic (exact) mass is 383 g/mol. The zero-order chi connectivity index (χ0) is 19.6. The molecule has 0 aliphatic rings. The second-order valence-corrected chi connectivity index (χ2v) is 5.89. The van der Waals surface area contributed by atoms with Crippen molar-refractivity contribution in [1.29, 1.82) is 0 Å². The van der Waals surface area contributed by atoms with E-state index in [1.807, 2.05) is 0 Å². The van der Waals surface area contributed by atoms with Gasteiger partial charge in [0.05, 0.1) is 23.3 Å². The van der Waals surface area contributed by atoms with Gasteiger partial charge >= 0.3 is 6.18 Å². The predicted octanol–water partition coefficient (Wildman–Crippen LogP) is 3.61. The number of alkyl halides is 3. The minimum absolute atomic E-state index is 0.0211. The first-order valence-corrected chi connectivity index (χ1v) is 7.98. The summed E-state index contributed by atoms with van der Waals surface area (Å²) < 4.78 is 59.3. The van der Waals surface area contributed by atoms with Gasteiger partial charge in [-0.25, -0.2) is 14.1 Å². The zero-order valence-electron chi connectivity index (χ0n) is 14.6. The van der Waals surface area contributed by atoms with Gasteiger partial charge in [-0.3, -0.25) is 0 Å². The Kier molecular flexibility index (Phi) is 5.06. The first kappa shape index (κ1) is 18.7. The number of rotatable bonds is 6. The van der Waals surface area contributed by atoms with Crippen molar-refractivity contribution in [2.45, 2.75) is 19.6 Å². The maximum absolute atomic E-state index is 14.3. The number of hydrogen-bond acceptors (Lipinski definition) is 4. The molecule has 27 heavy (non-hydrogen) atoms. The Labute approximate surface area is 152 Å². The molecule has 0 saturated heterocycles. The van der Waals surface area contributed by atoms with Crippen LogP contribution in [0.1, 0.15) is 11.3 Å². The summed E-state index contributed by atoms with van der Waals surface area (Å²) in [6, 6.07) is 4.55. The van der Waals surface area contributed by atoms with Crippen LogP contribution in [0.25, 0.3) is 5.69 Å². The molecular formula is C17H17F4N5O. The number of ether oxygens (including phenoxy) is 1. The van der Waals surface area contributed by atoms with E-state index in [9.17, 15) is 17.6 Å². The number of nitrogens with zero attached hydrogens (tertiary/aromatic N) is 4. The number of imidazole rings is 1. The summed E-state index contributed by atoms with van der Waals surface area (Å²) in [6.07, 6.45) is 0.192. The molecule has 0 aliphatic carbocycles. The van der Waals surface area contributed by atoms with E-state index in [0.29, 0.717) is 22.6 Å². The zero-order valence-corrected chi connectivity index (χ0v) is 14.6. The largest absolute Gasteiger partial charge is 0.468 e. The SMILES string of the molecule is Cc1nn(C)c(OCC(F)(F)F)c1CNc1ccc(-n2ccnc2)c(F)c1. The first-order valence-electron chi connectivity index (χ1n) is 7.98. The fourth-order valence-electron chi connectivity index (χ4n) is 2.63. The van der Waals surface area contributed by atoms with E-state index >= 15 is 0 Å². The van der Waals surface area contributed by atoms with Gasteiger partial charge in [-0.2, -0.15) is 18.3 Å². The normalized spacial score (nSPS) is 11.6. The number of halogens is 4. The van der Waals surface area contributed by atoms with Crippen LogP contribution in [0, 0.1) is 12.7 Å². The molecule has 0 bridgehead atoms. The second-order valence-electron chi connectivity index (χ2n) is 5.89. The lowest BCUT2D eigenvalue weighted by atomic mass is 10.2. The van der Waals surface area contributed by atoms with Crippen molar-refractivity contribution in [3.8, 4) is 11.6 Å². The highest BCUT2D eigenvalue weighted by molar-refractivity contribution is 5.50. The Bertz CT molecular complexity index is 918. The van der Waals surface area contributed by atoms with Gasteiger partial charge in [0, 0.05) is 31.7 Å². The van der Waals surface area contributed by atoms with Gasteiger partial charge < -0.3 is 14.6 Å². The molecule has 0 spiro atoms. The van der Waals surface area contributed by atoms with Crippen molar-refractivity contribution in [2.75, 3.05) is 11.9 Å². The lowest BCUT2D eigenvalue weighted by molar-refractivity contribution is -0.154. The topological polar surface area (TPSA) is 56.9 Å². The summed E-state index contributed by atoms with van der Waals surface area (Å²) in [5.74, 6) is -0.442. The molecule has 0 atom stereocenters. The summed E-state index contributed by atoms with van der Waals surface area (Å²) >= 11 is 0. The van der Waals surface area contributed by atoms with Crippen LogP contribution in [0.3, 0.4) is 0 Å². The van der Waals surface area contributed by atoms with Gasteiger partial charge in [0.25, 0.3) is 0 Å². The van der Waals surface area contributed by atoms with E-state index < -0.39 is 18.6 Å². The number of aryl methyl sites for hydroxylation is 2. The average Bonchev–Trinajstić information content (AvgIpc) is 3.19. The molecule has 2 aromatic heterocycles. The van der Waals surface area contributed by atoms with E-state index in [2.05, 4.69) is 15.4 Å². The number of nitrogens with one attached hydrogen (secondary N) is 1. The molecule has 10 heteroatoms. The van der Waals surface area contributed by atoms with Crippen LogP contribution in [0.2, 0.25) is 0 Å². The maximum Gasteiger partial charge on any atom is 0.422 e. The molecule has 2 heterocycles. The minimum Gasteiger partial charge on any atom is -0.468 e. The van der Waals surface area contributed by atoms with Crippen LogP contribution in [0.4, 0.5) is 23.2 Å². The van der Waals surface area contributed by atoms with Crippen LogP contribution >= 0.6 is 0 Å². The second kappa shape index (κ2) is 7.29. The first-order chi connectivity index (χ1) is 12.7. The van der Waals surface area contributed by atoms with Gasteiger partial charge in [-0.05, 0) is 25.1 Å². The Morgan fingerprint density at radius 2 is 2.04 bits per heavy atom. The molecule has 0 saturated carbocycles. The maximum atomic E-state index is 14.3. The smallest absolute Gasteiger partial charge is 0.422 e. The van der Waals surface area contributed by atoms with Crippen molar-refractivity contribution >= 4 is 5.69 Å². The Balaban J connectivity index is 1.74. The predicted molar refractivity (Wildman–Crippen MR) is 90.3 cm³/mol. The summed E-state index contributed by atoms with van der Waals surface area (Å²) in [5.41, 5.74) is 1.81. The summed E-state index contributed by atoms with van der Waals surface area (Å²) in [4.78, 5) is 3.87. The molecule has 0 aliphatic heterocycles. The molecule has 0 amide bonds. The Morgan fingerprint density at radius 1 is 1.26 bits per heavy atom. The van der Waals surface area contributed by atoms with Crippen LogP contribution in [-0.2, 0) is 13.6 Å². The molecule has 0 unspecified atom stereocenters. The van der Waals surface area contributed by atoms with Crippen molar-refractivity contribution in [3.05, 3.63) is 54.0 Å². The number of benzene rings is 1. The molecule has 144 valence electrons. The molecule has 3 rings (SSSR count). The highest BCUT2D eigenvalue weighted by atomic mass is 19.4. The number of aromatic nitrogens is 4. The van der Waals surface area contributed by atoms with Crippen LogP contribution in [0.15, 0.2) is 36.9 Å². The minimum atomic E-state index is -4.45. The van der Waals surface area contributed by atoms with E-state index in [4.69, 9.17) is 4.74 Å². The van der Waals surface area contributed by atoms with Crippen molar-refractivity contribution < 1.29 is 22.3 Å². The Hall–Kier alpha value is -3.04. The van der Waals surface area contributed by atoms with Crippen LogP contribution < -0.4 is 10.1 Å². The van der Waals surface area contributed by atoms with E-state index in [1.165, 1.54) is 28.7 Å². The lowest BCUT2D eigenvalue weighted by Crippen LogP contribution is -2.21. The fraction of sp³-hybridized carbons (Fsp3) is 0.294. The summed E-state index contributed by atoms with van der Waals surface area (Å²) in [6.45, 7) is 0.393. The molecule has 1 N–H and O–H groups in total. The third-order valence-corrected chi connectivity index (χ3v) is 3.86. The molecule has 1 aromatic carbocycles. The van der Waals surface area contributed by atoms with Gasteiger partial charge in [-0.15, -0.1) is 0 Å². The molecular weight excluding hydrogens is 366 g/mol. The molecule has 0 fully saturated rings. The third kappa shape index (κ3) is 4.39. The van der Waals surface area contributed by atoms with Gasteiger partial charge in [0.1, 0.15) is 5.82 Å². The average molecular weight is 383 g/mol. The van der Waals surface area contributed by atoms with Crippen LogP contribution in [-0.4, -0.2) is 32.1 Å². The van der Waals surface area contributed by atoms with Gasteiger partial charge in [0.2, 0.25) is 5.88 Å². The summed E-state index contributed by atoms with van der Waals surface area (Å²) in [5, 5.41) is 7.08. The highest BCUT2D eigenvalue weighted by Crippen LogP contribution is 2.26. The van der Waals surface area contributed by atoms with Gasteiger partial charge in [-0.1, -0.05) is 0 Å². The van der Waals surface area contributed by atoms with Crippen molar-refractivity contribution in [1.82, 2.24) is 19.3 Å². The lowest BCUT2D eigenvalue weighted by Gasteiger charge is -2.13.